The minimum atomic E-state index is 0.0708. The Morgan fingerprint density at radius 2 is 0.863 bits per heavy atom. The molecule has 0 fully saturated rings. The summed E-state index contributed by atoms with van der Waals surface area (Å²) in [6.45, 7) is 28.0. The van der Waals surface area contributed by atoms with Gasteiger partial charge < -0.3 is 0 Å². The third-order valence-electron chi connectivity index (χ3n) is 11.3. The standard InChI is InChI=1S/C50H62Si/c1-13-15-35-27-41-39(17-19-45(49(7,8)9)47(41)37-23-31(3)21-32(4)24-37)43(35)29-51-30-44-36(16-14-2)28-42-40(44)18-20-46(50(10,11)12)48(42)38-25-33(5)22-34(6)26-38/h17-28,43-44H,13-16,29-30H2,1-12H3. The molecule has 0 N–H and O–H groups in total. The highest BCUT2D eigenvalue weighted by Gasteiger charge is 2.33. The zero-order valence-electron chi connectivity index (χ0n) is 33.8. The molecule has 2 aliphatic rings. The van der Waals surface area contributed by atoms with Crippen molar-refractivity contribution in [3.8, 4) is 22.3 Å². The zero-order chi connectivity index (χ0) is 36.8. The van der Waals surface area contributed by atoms with Gasteiger partial charge in [-0.3, -0.25) is 0 Å². The molecule has 266 valence electrons. The van der Waals surface area contributed by atoms with Gasteiger partial charge in [0.15, 0.2) is 0 Å². The van der Waals surface area contributed by atoms with Crippen molar-refractivity contribution in [1.29, 1.82) is 0 Å². The number of hydrogen-bond donors (Lipinski definition) is 0. The molecule has 4 aromatic carbocycles. The molecular formula is C50H62Si. The van der Waals surface area contributed by atoms with Crippen molar-refractivity contribution >= 4 is 21.7 Å². The van der Waals surface area contributed by atoms with Gasteiger partial charge >= 0.3 is 0 Å². The summed E-state index contributed by atoms with van der Waals surface area (Å²) in [7, 11) is 0.915. The molecule has 2 radical (unpaired) electrons. The Hall–Kier alpha value is -3.42. The van der Waals surface area contributed by atoms with Crippen LogP contribution in [0.3, 0.4) is 0 Å². The Balaban J connectivity index is 1.37. The lowest BCUT2D eigenvalue weighted by molar-refractivity contribution is 0.591. The van der Waals surface area contributed by atoms with Gasteiger partial charge in [-0.2, -0.15) is 0 Å². The average Bonchev–Trinajstić information content (AvgIpc) is 3.56. The largest absolute Gasteiger partial charge is 0.0651 e. The third-order valence-corrected chi connectivity index (χ3v) is 12.7. The zero-order valence-corrected chi connectivity index (χ0v) is 34.8. The highest BCUT2D eigenvalue weighted by Crippen LogP contribution is 2.51. The van der Waals surface area contributed by atoms with E-state index < -0.39 is 0 Å². The van der Waals surface area contributed by atoms with Crippen molar-refractivity contribution in [2.24, 2.45) is 0 Å². The molecule has 1 heteroatoms. The Labute approximate surface area is 313 Å². The van der Waals surface area contributed by atoms with E-state index in [2.05, 4.69) is 156 Å². The smallest absolute Gasteiger partial charge is 0.0397 e. The molecular weight excluding hydrogens is 629 g/mol. The van der Waals surface area contributed by atoms with Crippen LogP contribution in [0, 0.1) is 27.7 Å². The van der Waals surface area contributed by atoms with Crippen LogP contribution < -0.4 is 0 Å². The summed E-state index contributed by atoms with van der Waals surface area (Å²) in [5.41, 5.74) is 23.6. The molecule has 0 heterocycles. The van der Waals surface area contributed by atoms with Crippen molar-refractivity contribution in [3.05, 3.63) is 127 Å². The summed E-state index contributed by atoms with van der Waals surface area (Å²) < 4.78 is 0. The number of benzene rings is 4. The minimum Gasteiger partial charge on any atom is -0.0651 e. The molecule has 0 aromatic heterocycles. The maximum Gasteiger partial charge on any atom is 0.0397 e. The molecule has 0 saturated carbocycles. The van der Waals surface area contributed by atoms with E-state index in [-0.39, 0.29) is 10.8 Å². The number of hydrogen-bond acceptors (Lipinski definition) is 0. The van der Waals surface area contributed by atoms with Crippen molar-refractivity contribution in [3.63, 3.8) is 0 Å². The molecule has 2 aliphatic carbocycles. The van der Waals surface area contributed by atoms with E-state index >= 15 is 0 Å². The first-order valence-corrected chi connectivity index (χ1v) is 21.2. The van der Waals surface area contributed by atoms with E-state index in [0.717, 1.165) is 9.52 Å². The van der Waals surface area contributed by atoms with Crippen molar-refractivity contribution < 1.29 is 0 Å². The van der Waals surface area contributed by atoms with E-state index in [1.165, 1.54) is 105 Å². The third kappa shape index (κ3) is 7.57. The van der Waals surface area contributed by atoms with Crippen LogP contribution in [-0.2, 0) is 10.8 Å². The van der Waals surface area contributed by atoms with Gasteiger partial charge in [0.1, 0.15) is 0 Å². The maximum absolute atomic E-state index is 2.62. The molecule has 0 spiro atoms. The van der Waals surface area contributed by atoms with Crippen LogP contribution in [0.1, 0.15) is 149 Å². The van der Waals surface area contributed by atoms with Crippen LogP contribution in [0.5, 0.6) is 0 Å². The van der Waals surface area contributed by atoms with E-state index in [1.807, 2.05) is 0 Å². The van der Waals surface area contributed by atoms with Crippen molar-refractivity contribution in [2.75, 3.05) is 0 Å². The molecule has 6 rings (SSSR count). The second-order valence-electron chi connectivity index (χ2n) is 17.9. The minimum absolute atomic E-state index is 0.0708. The predicted molar refractivity (Wildman–Crippen MR) is 227 cm³/mol. The monoisotopic (exact) mass is 690 g/mol. The van der Waals surface area contributed by atoms with Crippen LogP contribution in [0.2, 0.25) is 12.1 Å². The summed E-state index contributed by atoms with van der Waals surface area (Å²) >= 11 is 0. The molecule has 0 aliphatic heterocycles. The van der Waals surface area contributed by atoms with Crippen molar-refractivity contribution in [1.82, 2.24) is 0 Å². The summed E-state index contributed by atoms with van der Waals surface area (Å²) in [5, 5.41) is 0. The van der Waals surface area contributed by atoms with Gasteiger partial charge in [-0.1, -0.05) is 187 Å². The van der Waals surface area contributed by atoms with Gasteiger partial charge in [-0.05, 0) is 107 Å². The molecule has 0 amide bonds. The fourth-order valence-corrected chi connectivity index (χ4v) is 10.9. The number of aryl methyl sites for hydroxylation is 4. The maximum atomic E-state index is 2.62. The number of allylic oxidation sites excluding steroid dienone is 2. The van der Waals surface area contributed by atoms with E-state index in [4.69, 9.17) is 0 Å². The Bertz CT molecular complexity index is 1820. The Kier molecular flexibility index (Phi) is 10.6. The van der Waals surface area contributed by atoms with E-state index in [9.17, 15) is 0 Å². The van der Waals surface area contributed by atoms with Gasteiger partial charge in [-0.15, -0.1) is 0 Å². The molecule has 2 unspecified atom stereocenters. The summed E-state index contributed by atoms with van der Waals surface area (Å²) in [5.74, 6) is 1.04. The lowest BCUT2D eigenvalue weighted by atomic mass is 9.78. The first kappa shape index (κ1) is 37.3. The lowest BCUT2D eigenvalue weighted by Crippen LogP contribution is -2.15. The molecule has 0 nitrogen and oxygen atoms in total. The van der Waals surface area contributed by atoms with Crippen LogP contribution in [0.25, 0.3) is 34.4 Å². The fourth-order valence-electron chi connectivity index (χ4n) is 9.20. The van der Waals surface area contributed by atoms with Gasteiger partial charge in [0.05, 0.1) is 0 Å². The highest BCUT2D eigenvalue weighted by molar-refractivity contribution is 6.36. The summed E-state index contributed by atoms with van der Waals surface area (Å²) in [6, 6.07) is 26.7. The van der Waals surface area contributed by atoms with E-state index in [0.29, 0.717) is 11.8 Å². The molecule has 51 heavy (non-hydrogen) atoms. The molecule has 2 atom stereocenters. The molecule has 0 saturated heterocycles. The second kappa shape index (κ2) is 14.5. The predicted octanol–water partition coefficient (Wildman–Crippen LogP) is 14.7. The molecule has 4 aromatic rings. The van der Waals surface area contributed by atoms with Crippen molar-refractivity contribution in [2.45, 2.75) is 144 Å². The number of rotatable bonds is 10. The lowest BCUT2D eigenvalue weighted by Gasteiger charge is -2.27. The van der Waals surface area contributed by atoms with Gasteiger partial charge in [0.25, 0.3) is 0 Å². The first-order valence-electron chi connectivity index (χ1n) is 19.7. The normalized spacial score (nSPS) is 17.0. The quantitative estimate of drug-likeness (QED) is 0.145. The van der Waals surface area contributed by atoms with Crippen LogP contribution in [0.15, 0.2) is 71.8 Å². The van der Waals surface area contributed by atoms with E-state index in [1.54, 1.807) is 22.3 Å². The number of fused-ring (bicyclic) bond motifs is 2. The second-order valence-corrected chi connectivity index (χ2v) is 19.3. The summed E-state index contributed by atoms with van der Waals surface area (Å²) in [4.78, 5) is 0. The topological polar surface area (TPSA) is 0 Å². The van der Waals surface area contributed by atoms with Gasteiger partial charge in [0, 0.05) is 21.4 Å². The SMILES string of the molecule is CCCC1=Cc2c(ccc(C(C)(C)C)c2-c2cc(C)cc(C)c2)C1C[Si]CC1C(CCC)=Cc2c1ccc(C(C)(C)C)c2-c1cc(C)cc(C)c1. The van der Waals surface area contributed by atoms with Crippen LogP contribution >= 0.6 is 0 Å². The van der Waals surface area contributed by atoms with Gasteiger partial charge in [0.2, 0.25) is 0 Å². The van der Waals surface area contributed by atoms with Crippen LogP contribution in [0.4, 0.5) is 0 Å². The molecule has 0 bridgehead atoms. The first-order chi connectivity index (χ1) is 24.1. The highest BCUT2D eigenvalue weighted by atomic mass is 28.2. The Morgan fingerprint density at radius 3 is 1.18 bits per heavy atom. The Morgan fingerprint density at radius 1 is 0.510 bits per heavy atom. The van der Waals surface area contributed by atoms with Gasteiger partial charge in [-0.25, -0.2) is 0 Å². The van der Waals surface area contributed by atoms with Crippen LogP contribution in [-0.4, -0.2) is 9.52 Å². The summed E-state index contributed by atoms with van der Waals surface area (Å²) in [6.07, 6.45) is 10.00. The fraction of sp³-hybridized carbons (Fsp3) is 0.440. The average molecular weight is 691 g/mol.